The summed E-state index contributed by atoms with van der Waals surface area (Å²) in [6.07, 6.45) is 0.947. The zero-order valence-corrected chi connectivity index (χ0v) is 11.1. The Morgan fingerprint density at radius 1 is 1.29 bits per heavy atom. The van der Waals surface area contributed by atoms with Gasteiger partial charge in [-0.3, -0.25) is 4.90 Å². The van der Waals surface area contributed by atoms with E-state index in [1.165, 1.54) is 11.1 Å². The fraction of sp³-hybridized carbons (Fsp3) is 0.571. The van der Waals surface area contributed by atoms with Crippen LogP contribution in [0.25, 0.3) is 0 Å². The summed E-state index contributed by atoms with van der Waals surface area (Å²) in [5, 5.41) is 0. The highest BCUT2D eigenvalue weighted by molar-refractivity contribution is 5.27. The minimum absolute atomic E-state index is 0.422. The van der Waals surface area contributed by atoms with Crippen molar-refractivity contribution >= 4 is 0 Å². The zero-order valence-electron chi connectivity index (χ0n) is 11.1. The molecule has 0 aliphatic heterocycles. The second-order valence-corrected chi connectivity index (χ2v) is 4.53. The van der Waals surface area contributed by atoms with Crippen LogP contribution >= 0.6 is 0 Å². The number of nitrogens with zero attached hydrogens (tertiary/aromatic N) is 1. The van der Waals surface area contributed by atoms with Crippen molar-refractivity contribution in [2.75, 3.05) is 27.3 Å². The third kappa shape index (κ3) is 4.46. The molecule has 1 unspecified atom stereocenters. The summed E-state index contributed by atoms with van der Waals surface area (Å²) in [6.45, 7) is 4.58. The maximum atomic E-state index is 5.63. The van der Waals surface area contributed by atoms with Crippen LogP contribution < -0.4 is 5.73 Å². The molecule has 96 valence electrons. The van der Waals surface area contributed by atoms with Crippen molar-refractivity contribution in [3.05, 3.63) is 35.4 Å². The molecule has 3 heteroatoms. The molecule has 17 heavy (non-hydrogen) atoms. The van der Waals surface area contributed by atoms with Crippen LogP contribution in [0.15, 0.2) is 24.3 Å². The molecule has 0 bridgehead atoms. The van der Waals surface area contributed by atoms with Crippen LogP contribution in [0.2, 0.25) is 0 Å². The Hall–Kier alpha value is -0.900. The van der Waals surface area contributed by atoms with Crippen LogP contribution in [0.3, 0.4) is 0 Å². The molecule has 3 nitrogen and oxygen atoms in total. The van der Waals surface area contributed by atoms with Gasteiger partial charge < -0.3 is 10.5 Å². The predicted octanol–water partition coefficient (Wildman–Crippen LogP) is 1.65. The van der Waals surface area contributed by atoms with Gasteiger partial charge in [-0.15, -0.1) is 0 Å². The monoisotopic (exact) mass is 236 g/mol. The lowest BCUT2D eigenvalue weighted by atomic mass is 10.0. The number of likely N-dealkylation sites (N-methyl/N-ethyl adjacent to an activating group) is 1. The normalized spacial score (nSPS) is 13.0. The quantitative estimate of drug-likeness (QED) is 0.782. The lowest BCUT2D eigenvalue weighted by Gasteiger charge is -2.25. The standard InChI is InChI=1S/C14H24N2O/c1-12(11-17-3)16(2)10-14-7-5-4-6-13(14)8-9-15/h4-7,12H,8-11,15H2,1-3H3. The molecule has 0 saturated carbocycles. The zero-order chi connectivity index (χ0) is 12.7. The highest BCUT2D eigenvalue weighted by Crippen LogP contribution is 2.13. The molecule has 0 aliphatic carbocycles. The molecule has 1 rings (SSSR count). The molecule has 0 spiro atoms. The van der Waals surface area contributed by atoms with Gasteiger partial charge >= 0.3 is 0 Å². The van der Waals surface area contributed by atoms with E-state index in [1.807, 2.05) is 0 Å². The molecular weight excluding hydrogens is 212 g/mol. The van der Waals surface area contributed by atoms with Gasteiger partial charge in [0.05, 0.1) is 6.61 Å². The van der Waals surface area contributed by atoms with Gasteiger partial charge in [0.15, 0.2) is 0 Å². The Morgan fingerprint density at radius 2 is 1.94 bits per heavy atom. The molecule has 1 aromatic carbocycles. The number of ether oxygens (including phenoxy) is 1. The molecule has 0 fully saturated rings. The van der Waals surface area contributed by atoms with Crippen LogP contribution in [-0.4, -0.2) is 38.3 Å². The summed E-state index contributed by atoms with van der Waals surface area (Å²) in [5.41, 5.74) is 8.35. The van der Waals surface area contributed by atoms with E-state index in [2.05, 4.69) is 43.1 Å². The van der Waals surface area contributed by atoms with Crippen molar-refractivity contribution in [3.8, 4) is 0 Å². The molecule has 0 aliphatic rings. The fourth-order valence-electron chi connectivity index (χ4n) is 1.90. The Morgan fingerprint density at radius 3 is 2.53 bits per heavy atom. The second-order valence-electron chi connectivity index (χ2n) is 4.53. The van der Waals surface area contributed by atoms with Gasteiger partial charge in [0.2, 0.25) is 0 Å². The van der Waals surface area contributed by atoms with E-state index in [0.717, 1.165) is 19.6 Å². The van der Waals surface area contributed by atoms with Gasteiger partial charge in [-0.05, 0) is 38.1 Å². The third-order valence-corrected chi connectivity index (χ3v) is 3.11. The van der Waals surface area contributed by atoms with E-state index < -0.39 is 0 Å². The minimum Gasteiger partial charge on any atom is -0.383 e. The van der Waals surface area contributed by atoms with Crippen LogP contribution in [0.5, 0.6) is 0 Å². The number of rotatable bonds is 7. The molecule has 0 radical (unpaired) electrons. The molecule has 2 N–H and O–H groups in total. The van der Waals surface area contributed by atoms with E-state index in [1.54, 1.807) is 7.11 Å². The molecular formula is C14H24N2O. The summed E-state index contributed by atoms with van der Waals surface area (Å²) in [4.78, 5) is 2.30. The van der Waals surface area contributed by atoms with Gasteiger partial charge in [-0.1, -0.05) is 24.3 Å². The van der Waals surface area contributed by atoms with E-state index in [9.17, 15) is 0 Å². The Bertz CT molecular complexity index is 328. The first-order valence-electron chi connectivity index (χ1n) is 6.15. The average molecular weight is 236 g/mol. The number of benzene rings is 1. The smallest absolute Gasteiger partial charge is 0.0615 e. The molecule has 1 atom stereocenters. The van der Waals surface area contributed by atoms with Gasteiger partial charge in [-0.2, -0.15) is 0 Å². The topological polar surface area (TPSA) is 38.5 Å². The van der Waals surface area contributed by atoms with E-state index >= 15 is 0 Å². The summed E-state index contributed by atoms with van der Waals surface area (Å²) in [7, 11) is 3.87. The fourth-order valence-corrected chi connectivity index (χ4v) is 1.90. The molecule has 0 heterocycles. The van der Waals surface area contributed by atoms with Gasteiger partial charge in [0.25, 0.3) is 0 Å². The van der Waals surface area contributed by atoms with Crippen molar-refractivity contribution in [1.82, 2.24) is 4.90 Å². The predicted molar refractivity (Wildman–Crippen MR) is 72.0 cm³/mol. The first kappa shape index (κ1) is 14.2. The van der Waals surface area contributed by atoms with Crippen molar-refractivity contribution in [3.63, 3.8) is 0 Å². The maximum Gasteiger partial charge on any atom is 0.0615 e. The minimum atomic E-state index is 0.422. The Balaban J connectivity index is 2.66. The third-order valence-electron chi connectivity index (χ3n) is 3.11. The first-order valence-corrected chi connectivity index (χ1v) is 6.15. The molecule has 0 aromatic heterocycles. The van der Waals surface area contributed by atoms with Crippen molar-refractivity contribution in [2.45, 2.75) is 25.9 Å². The SMILES string of the molecule is COCC(C)N(C)Cc1ccccc1CCN. The Labute approximate surface area is 105 Å². The highest BCUT2D eigenvalue weighted by atomic mass is 16.5. The summed E-state index contributed by atoms with van der Waals surface area (Å²) < 4.78 is 5.18. The lowest BCUT2D eigenvalue weighted by molar-refractivity contribution is 0.112. The van der Waals surface area contributed by atoms with Crippen molar-refractivity contribution < 1.29 is 4.74 Å². The first-order chi connectivity index (χ1) is 8.19. The number of hydrogen-bond donors (Lipinski definition) is 1. The lowest BCUT2D eigenvalue weighted by Crippen LogP contribution is -2.32. The van der Waals surface area contributed by atoms with Crippen LogP contribution in [0.4, 0.5) is 0 Å². The molecule has 1 aromatic rings. The summed E-state index contributed by atoms with van der Waals surface area (Å²) in [5.74, 6) is 0. The summed E-state index contributed by atoms with van der Waals surface area (Å²) in [6, 6.07) is 8.93. The molecule has 0 amide bonds. The van der Waals surface area contributed by atoms with Crippen molar-refractivity contribution in [2.24, 2.45) is 5.73 Å². The number of hydrogen-bond acceptors (Lipinski definition) is 3. The van der Waals surface area contributed by atoms with Crippen LogP contribution in [-0.2, 0) is 17.7 Å². The van der Waals surface area contributed by atoms with Gasteiger partial charge in [0, 0.05) is 19.7 Å². The van der Waals surface area contributed by atoms with E-state index in [4.69, 9.17) is 10.5 Å². The van der Waals surface area contributed by atoms with E-state index in [-0.39, 0.29) is 0 Å². The van der Waals surface area contributed by atoms with E-state index in [0.29, 0.717) is 12.6 Å². The Kier molecular flexibility index (Phi) is 6.19. The van der Waals surface area contributed by atoms with Gasteiger partial charge in [-0.25, -0.2) is 0 Å². The number of nitrogens with two attached hydrogens (primary N) is 1. The maximum absolute atomic E-state index is 5.63. The number of methoxy groups -OCH3 is 1. The summed E-state index contributed by atoms with van der Waals surface area (Å²) >= 11 is 0. The molecule has 0 saturated heterocycles. The highest BCUT2D eigenvalue weighted by Gasteiger charge is 2.10. The van der Waals surface area contributed by atoms with Crippen LogP contribution in [0.1, 0.15) is 18.1 Å². The van der Waals surface area contributed by atoms with Crippen molar-refractivity contribution in [1.29, 1.82) is 0 Å². The largest absolute Gasteiger partial charge is 0.383 e. The van der Waals surface area contributed by atoms with Gasteiger partial charge in [0.1, 0.15) is 0 Å². The average Bonchev–Trinajstić information content (AvgIpc) is 2.32. The second kappa shape index (κ2) is 7.43. The van der Waals surface area contributed by atoms with Crippen LogP contribution in [0, 0.1) is 0 Å².